The molecule has 8 heteroatoms. The number of halogens is 1. The molecule has 3 aromatic rings. The number of hydrogen-bond donors (Lipinski definition) is 0. The Balaban J connectivity index is 1.53. The van der Waals surface area contributed by atoms with Gasteiger partial charge in [0.25, 0.3) is 5.91 Å². The molecule has 2 amide bonds. The molecule has 0 aliphatic carbocycles. The monoisotopic (exact) mass is 540 g/mol. The highest BCUT2D eigenvalue weighted by Crippen LogP contribution is 2.34. The summed E-state index contributed by atoms with van der Waals surface area (Å²) in [4.78, 5) is 32.0. The van der Waals surface area contributed by atoms with Gasteiger partial charge in [0.15, 0.2) is 0 Å². The number of methoxy groups -OCH3 is 1. The van der Waals surface area contributed by atoms with Crippen molar-refractivity contribution in [2.45, 2.75) is 32.7 Å². The summed E-state index contributed by atoms with van der Waals surface area (Å²) in [5.41, 5.74) is 1.63. The summed E-state index contributed by atoms with van der Waals surface area (Å²) < 4.78 is 11.4. The van der Waals surface area contributed by atoms with Crippen molar-refractivity contribution in [3.63, 3.8) is 0 Å². The lowest BCUT2D eigenvalue weighted by molar-refractivity contribution is -0.135. The van der Waals surface area contributed by atoms with Crippen LogP contribution in [0.15, 0.2) is 60.0 Å². The lowest BCUT2D eigenvalue weighted by Gasteiger charge is -2.37. The molecule has 6 nitrogen and oxygen atoms in total. The first-order valence-corrected chi connectivity index (χ1v) is 13.8. The van der Waals surface area contributed by atoms with Gasteiger partial charge in [0, 0.05) is 28.6 Å². The van der Waals surface area contributed by atoms with Crippen LogP contribution in [-0.4, -0.2) is 55.0 Å². The van der Waals surface area contributed by atoms with Crippen molar-refractivity contribution in [2.75, 3.05) is 33.4 Å². The molecule has 0 spiro atoms. The fraction of sp³-hybridized carbons (Fsp3) is 0.379. The first-order valence-electron chi connectivity index (χ1n) is 12.5. The first kappa shape index (κ1) is 27.0. The van der Waals surface area contributed by atoms with Gasteiger partial charge in [-0.2, -0.15) is 0 Å². The van der Waals surface area contributed by atoms with Crippen molar-refractivity contribution in [1.82, 2.24) is 9.80 Å². The van der Waals surface area contributed by atoms with Crippen molar-refractivity contribution in [3.8, 4) is 11.5 Å². The van der Waals surface area contributed by atoms with Crippen LogP contribution in [0.2, 0.25) is 5.02 Å². The Morgan fingerprint density at radius 1 is 1.14 bits per heavy atom. The molecule has 2 aromatic carbocycles. The highest BCUT2D eigenvalue weighted by atomic mass is 35.5. The molecular weight excluding hydrogens is 508 g/mol. The Kier molecular flexibility index (Phi) is 9.11. The molecule has 37 heavy (non-hydrogen) atoms. The summed E-state index contributed by atoms with van der Waals surface area (Å²) in [6.45, 7) is 5.66. The molecule has 1 aromatic heterocycles. The van der Waals surface area contributed by atoms with Crippen LogP contribution in [0.25, 0.3) is 0 Å². The highest BCUT2D eigenvalue weighted by Gasteiger charge is 2.33. The van der Waals surface area contributed by atoms with Gasteiger partial charge in [0.1, 0.15) is 24.7 Å². The van der Waals surface area contributed by atoms with Gasteiger partial charge in [-0.1, -0.05) is 31.5 Å². The number of ether oxygens (including phenoxy) is 2. The van der Waals surface area contributed by atoms with Crippen LogP contribution in [0, 0.1) is 5.92 Å². The maximum Gasteiger partial charge on any atom is 0.254 e. The summed E-state index contributed by atoms with van der Waals surface area (Å²) in [7, 11) is 1.57. The number of carbonyl (C=O) groups is 2. The van der Waals surface area contributed by atoms with Gasteiger partial charge < -0.3 is 19.3 Å². The summed E-state index contributed by atoms with van der Waals surface area (Å²) >= 11 is 7.72. The van der Waals surface area contributed by atoms with Crippen LogP contribution in [0.5, 0.6) is 11.5 Å². The SMILES string of the molecule is COc1cccc(C(=O)N(CCC(C)C)CC(=O)N2CCc3sccc3[C@H]2COc2ccc(Cl)cc2)c1. The number of thiophene rings is 1. The van der Waals surface area contributed by atoms with Crippen LogP contribution in [0.1, 0.15) is 47.1 Å². The largest absolute Gasteiger partial charge is 0.497 e. The number of carbonyl (C=O) groups excluding carboxylic acids is 2. The predicted octanol–water partition coefficient (Wildman–Crippen LogP) is 6.10. The average Bonchev–Trinajstić information content (AvgIpc) is 3.39. The van der Waals surface area contributed by atoms with Crippen LogP contribution in [0.4, 0.5) is 0 Å². The van der Waals surface area contributed by atoms with Crippen LogP contribution in [0.3, 0.4) is 0 Å². The summed E-state index contributed by atoms with van der Waals surface area (Å²) in [6.07, 6.45) is 1.60. The van der Waals surface area contributed by atoms with E-state index >= 15 is 0 Å². The molecule has 2 heterocycles. The standard InChI is InChI=1S/C29H33ClN2O4S/c1-20(2)11-14-31(29(34)21-5-4-6-24(17-21)35-3)18-28(33)32-15-12-27-25(13-16-37-27)26(32)19-36-23-9-7-22(30)8-10-23/h4-10,13,16-17,20,26H,11-12,14-15,18-19H2,1-3H3/t26-/m1/s1. The third-order valence-electron chi connectivity index (χ3n) is 6.54. The summed E-state index contributed by atoms with van der Waals surface area (Å²) in [6, 6.07) is 16.2. The van der Waals surface area contributed by atoms with Crippen molar-refractivity contribution in [3.05, 3.63) is 81.0 Å². The zero-order chi connectivity index (χ0) is 26.4. The molecule has 1 atom stereocenters. The van der Waals surface area contributed by atoms with Gasteiger partial charge in [-0.25, -0.2) is 0 Å². The third-order valence-corrected chi connectivity index (χ3v) is 7.79. The first-order chi connectivity index (χ1) is 17.9. The third kappa shape index (κ3) is 6.84. The fourth-order valence-corrected chi connectivity index (χ4v) is 5.49. The molecule has 0 fully saturated rings. The van der Waals surface area contributed by atoms with Crippen molar-refractivity contribution in [1.29, 1.82) is 0 Å². The lowest BCUT2D eigenvalue weighted by atomic mass is 10.00. The maximum atomic E-state index is 13.7. The minimum atomic E-state index is -0.225. The quantitative estimate of drug-likeness (QED) is 0.311. The zero-order valence-corrected chi connectivity index (χ0v) is 23.1. The van der Waals surface area contributed by atoms with E-state index in [1.165, 1.54) is 4.88 Å². The van der Waals surface area contributed by atoms with E-state index in [-0.39, 0.29) is 24.4 Å². The molecule has 196 valence electrons. The molecule has 1 aliphatic heterocycles. The van der Waals surface area contributed by atoms with Gasteiger partial charge in [-0.15, -0.1) is 11.3 Å². The van der Waals surface area contributed by atoms with E-state index in [1.807, 2.05) is 17.0 Å². The van der Waals surface area contributed by atoms with E-state index in [4.69, 9.17) is 21.1 Å². The lowest BCUT2D eigenvalue weighted by Crippen LogP contribution is -2.48. The average molecular weight is 541 g/mol. The van der Waals surface area contributed by atoms with Gasteiger partial charge in [0.2, 0.25) is 5.91 Å². The number of nitrogens with zero attached hydrogens (tertiary/aromatic N) is 2. The number of rotatable bonds is 10. The van der Waals surface area contributed by atoms with Gasteiger partial charge >= 0.3 is 0 Å². The Morgan fingerprint density at radius 3 is 2.65 bits per heavy atom. The number of fused-ring (bicyclic) bond motifs is 1. The van der Waals surface area contributed by atoms with E-state index in [0.29, 0.717) is 47.7 Å². The number of benzene rings is 2. The van der Waals surface area contributed by atoms with E-state index in [2.05, 4.69) is 25.3 Å². The van der Waals surface area contributed by atoms with Gasteiger partial charge in [-0.05, 0) is 78.2 Å². The summed E-state index contributed by atoms with van der Waals surface area (Å²) in [5.74, 6) is 1.46. The second-order valence-electron chi connectivity index (χ2n) is 9.56. The molecule has 4 rings (SSSR count). The second-order valence-corrected chi connectivity index (χ2v) is 11.0. The Morgan fingerprint density at radius 2 is 1.92 bits per heavy atom. The molecule has 0 radical (unpaired) electrons. The molecular formula is C29H33ClN2O4S. The van der Waals surface area contributed by atoms with E-state index in [1.54, 1.807) is 59.7 Å². The smallest absolute Gasteiger partial charge is 0.254 e. The zero-order valence-electron chi connectivity index (χ0n) is 21.5. The summed E-state index contributed by atoms with van der Waals surface area (Å²) in [5, 5.41) is 2.71. The maximum absolute atomic E-state index is 13.7. The molecule has 0 N–H and O–H groups in total. The molecule has 0 saturated heterocycles. The molecule has 0 unspecified atom stereocenters. The van der Waals surface area contributed by atoms with E-state index < -0.39 is 0 Å². The highest BCUT2D eigenvalue weighted by molar-refractivity contribution is 7.10. The number of amides is 2. The van der Waals surface area contributed by atoms with Crippen LogP contribution >= 0.6 is 22.9 Å². The van der Waals surface area contributed by atoms with Crippen molar-refractivity contribution >= 4 is 34.8 Å². The molecule has 1 aliphatic rings. The minimum absolute atomic E-state index is 0.0136. The van der Waals surface area contributed by atoms with Crippen LogP contribution in [-0.2, 0) is 11.2 Å². The Hall–Kier alpha value is -3.03. The Bertz CT molecular complexity index is 1210. The van der Waals surface area contributed by atoms with Gasteiger partial charge in [0.05, 0.1) is 13.2 Å². The molecule has 0 bridgehead atoms. The topological polar surface area (TPSA) is 59.1 Å². The van der Waals surface area contributed by atoms with Crippen molar-refractivity contribution < 1.29 is 19.1 Å². The van der Waals surface area contributed by atoms with E-state index in [0.717, 1.165) is 18.4 Å². The fourth-order valence-electron chi connectivity index (χ4n) is 4.44. The Labute approximate surface area is 227 Å². The van der Waals surface area contributed by atoms with Crippen LogP contribution < -0.4 is 9.47 Å². The van der Waals surface area contributed by atoms with Crippen molar-refractivity contribution in [2.24, 2.45) is 5.92 Å². The number of hydrogen-bond acceptors (Lipinski definition) is 5. The second kappa shape index (κ2) is 12.5. The minimum Gasteiger partial charge on any atom is -0.497 e. The van der Waals surface area contributed by atoms with E-state index in [9.17, 15) is 9.59 Å². The normalized spacial score (nSPS) is 14.8. The predicted molar refractivity (Wildman–Crippen MR) is 148 cm³/mol. The molecule has 0 saturated carbocycles. The van der Waals surface area contributed by atoms with Gasteiger partial charge in [-0.3, -0.25) is 9.59 Å².